The van der Waals surface area contributed by atoms with Crippen molar-refractivity contribution in [3.05, 3.63) is 52.3 Å². The van der Waals surface area contributed by atoms with Crippen molar-refractivity contribution in [3.8, 4) is 0 Å². The summed E-state index contributed by atoms with van der Waals surface area (Å²) in [5, 5.41) is 0. The second-order valence-corrected chi connectivity index (χ2v) is 4.73. The van der Waals surface area contributed by atoms with Crippen LogP contribution in [0.3, 0.4) is 0 Å². The Kier molecular flexibility index (Phi) is 4.06. The zero-order valence-corrected chi connectivity index (χ0v) is 11.3. The molecule has 0 radical (unpaired) electrons. The van der Waals surface area contributed by atoms with Crippen molar-refractivity contribution in [1.82, 2.24) is 9.47 Å². The molecule has 2 heterocycles. The number of nitrogen functional groups attached to an aromatic ring is 1. The summed E-state index contributed by atoms with van der Waals surface area (Å²) in [5.74, 6) is 0.938. The average molecular weight is 261 g/mol. The SMILES string of the molecule is Cc1occc1CN(C)CCn1cc(N)ccc1=O. The molecule has 0 saturated carbocycles. The van der Waals surface area contributed by atoms with Gasteiger partial charge in [-0.15, -0.1) is 0 Å². The Morgan fingerprint density at radius 2 is 2.16 bits per heavy atom. The van der Waals surface area contributed by atoms with Crippen molar-refractivity contribution in [2.24, 2.45) is 0 Å². The summed E-state index contributed by atoms with van der Waals surface area (Å²) in [6.45, 7) is 4.15. The van der Waals surface area contributed by atoms with Crippen LogP contribution < -0.4 is 11.3 Å². The Bertz CT molecular complexity index is 601. The third-order valence-corrected chi connectivity index (χ3v) is 3.14. The standard InChI is InChI=1S/C14H19N3O2/c1-11-12(5-8-19-11)9-16(2)6-7-17-10-13(15)3-4-14(17)18/h3-5,8,10H,6-7,9,15H2,1-2H3. The number of furan rings is 1. The van der Waals surface area contributed by atoms with Gasteiger partial charge in [-0.05, 0) is 26.1 Å². The van der Waals surface area contributed by atoms with Crippen LogP contribution in [-0.4, -0.2) is 23.1 Å². The van der Waals surface area contributed by atoms with Crippen LogP contribution in [0.2, 0.25) is 0 Å². The van der Waals surface area contributed by atoms with Gasteiger partial charge in [-0.3, -0.25) is 4.79 Å². The van der Waals surface area contributed by atoms with E-state index in [1.54, 1.807) is 23.1 Å². The Balaban J connectivity index is 1.93. The Hall–Kier alpha value is -2.01. The van der Waals surface area contributed by atoms with Gasteiger partial charge >= 0.3 is 0 Å². The van der Waals surface area contributed by atoms with Crippen LogP contribution in [0.25, 0.3) is 0 Å². The van der Waals surface area contributed by atoms with E-state index in [1.807, 2.05) is 20.0 Å². The molecule has 0 fully saturated rings. The fourth-order valence-electron chi connectivity index (χ4n) is 1.95. The summed E-state index contributed by atoms with van der Waals surface area (Å²) < 4.78 is 6.90. The number of rotatable bonds is 5. The molecule has 2 aromatic rings. The molecular weight excluding hydrogens is 242 g/mol. The average Bonchev–Trinajstić information content (AvgIpc) is 2.76. The number of aryl methyl sites for hydroxylation is 1. The van der Waals surface area contributed by atoms with Gasteiger partial charge in [0.2, 0.25) is 0 Å². The van der Waals surface area contributed by atoms with Crippen LogP contribution in [0.15, 0.2) is 39.9 Å². The topological polar surface area (TPSA) is 64.4 Å². The first-order valence-corrected chi connectivity index (χ1v) is 6.24. The van der Waals surface area contributed by atoms with Crippen LogP contribution >= 0.6 is 0 Å². The summed E-state index contributed by atoms with van der Waals surface area (Å²) in [5.41, 5.74) is 7.43. The Labute approximate surface area is 112 Å². The van der Waals surface area contributed by atoms with Crippen molar-refractivity contribution >= 4 is 5.69 Å². The van der Waals surface area contributed by atoms with E-state index in [0.717, 1.165) is 18.8 Å². The highest BCUT2D eigenvalue weighted by Gasteiger charge is 2.06. The first kappa shape index (κ1) is 13.4. The molecular formula is C14H19N3O2. The third kappa shape index (κ3) is 3.48. The number of aromatic nitrogens is 1. The van der Waals surface area contributed by atoms with Crippen molar-refractivity contribution in [1.29, 1.82) is 0 Å². The molecule has 19 heavy (non-hydrogen) atoms. The maximum Gasteiger partial charge on any atom is 0.250 e. The van der Waals surface area contributed by atoms with Crippen LogP contribution in [0.1, 0.15) is 11.3 Å². The number of hydrogen-bond acceptors (Lipinski definition) is 4. The highest BCUT2D eigenvalue weighted by molar-refractivity contribution is 5.33. The molecule has 2 rings (SSSR count). The summed E-state index contributed by atoms with van der Waals surface area (Å²) >= 11 is 0. The summed E-state index contributed by atoms with van der Waals surface area (Å²) in [6, 6.07) is 5.09. The summed E-state index contributed by atoms with van der Waals surface area (Å²) in [6.07, 6.45) is 3.38. The molecule has 0 saturated heterocycles. The van der Waals surface area contributed by atoms with E-state index < -0.39 is 0 Å². The molecule has 0 amide bonds. The zero-order valence-electron chi connectivity index (χ0n) is 11.3. The van der Waals surface area contributed by atoms with Gasteiger partial charge < -0.3 is 19.6 Å². The quantitative estimate of drug-likeness (QED) is 0.885. The lowest BCUT2D eigenvalue weighted by atomic mass is 10.2. The number of likely N-dealkylation sites (N-methyl/N-ethyl adjacent to an activating group) is 1. The maximum absolute atomic E-state index is 11.6. The molecule has 5 heteroatoms. The minimum absolute atomic E-state index is 0.0258. The molecule has 102 valence electrons. The highest BCUT2D eigenvalue weighted by atomic mass is 16.3. The van der Waals surface area contributed by atoms with Crippen molar-refractivity contribution in [2.75, 3.05) is 19.3 Å². The number of hydrogen-bond donors (Lipinski definition) is 1. The van der Waals surface area contributed by atoms with E-state index in [1.165, 1.54) is 11.6 Å². The second-order valence-electron chi connectivity index (χ2n) is 4.73. The molecule has 0 aromatic carbocycles. The summed E-state index contributed by atoms with van der Waals surface area (Å²) in [4.78, 5) is 13.8. The predicted molar refractivity (Wildman–Crippen MR) is 74.9 cm³/mol. The lowest BCUT2D eigenvalue weighted by Crippen LogP contribution is -2.28. The normalized spacial score (nSPS) is 11.1. The molecule has 0 aliphatic carbocycles. The number of anilines is 1. The fourth-order valence-corrected chi connectivity index (χ4v) is 1.95. The second kappa shape index (κ2) is 5.75. The van der Waals surface area contributed by atoms with E-state index in [9.17, 15) is 4.79 Å². The van der Waals surface area contributed by atoms with Crippen LogP contribution in [-0.2, 0) is 13.1 Å². The van der Waals surface area contributed by atoms with Crippen LogP contribution in [0, 0.1) is 6.92 Å². The third-order valence-electron chi connectivity index (χ3n) is 3.14. The largest absolute Gasteiger partial charge is 0.469 e. The number of nitrogens with zero attached hydrogens (tertiary/aromatic N) is 2. The molecule has 2 N–H and O–H groups in total. The summed E-state index contributed by atoms with van der Waals surface area (Å²) in [7, 11) is 2.02. The first-order valence-electron chi connectivity index (χ1n) is 6.24. The van der Waals surface area contributed by atoms with Gasteiger partial charge in [-0.1, -0.05) is 0 Å². The van der Waals surface area contributed by atoms with Gasteiger partial charge in [0, 0.05) is 43.1 Å². The van der Waals surface area contributed by atoms with Crippen molar-refractivity contribution < 1.29 is 4.42 Å². The monoisotopic (exact) mass is 261 g/mol. The highest BCUT2D eigenvalue weighted by Crippen LogP contribution is 2.10. The van der Waals surface area contributed by atoms with Crippen molar-refractivity contribution in [2.45, 2.75) is 20.0 Å². The molecule has 0 atom stereocenters. The van der Waals surface area contributed by atoms with E-state index in [4.69, 9.17) is 10.2 Å². The van der Waals surface area contributed by atoms with E-state index >= 15 is 0 Å². The zero-order chi connectivity index (χ0) is 13.8. The van der Waals surface area contributed by atoms with Gasteiger partial charge in [0.25, 0.3) is 5.56 Å². The van der Waals surface area contributed by atoms with E-state index in [0.29, 0.717) is 12.2 Å². The Morgan fingerprint density at radius 3 is 2.84 bits per heavy atom. The van der Waals surface area contributed by atoms with Crippen LogP contribution in [0.4, 0.5) is 5.69 Å². The lowest BCUT2D eigenvalue weighted by molar-refractivity contribution is 0.307. The van der Waals surface area contributed by atoms with Crippen LogP contribution in [0.5, 0.6) is 0 Å². The molecule has 0 spiro atoms. The fraction of sp³-hybridized carbons (Fsp3) is 0.357. The van der Waals surface area contributed by atoms with Gasteiger partial charge in [0.1, 0.15) is 5.76 Å². The molecule has 0 bridgehead atoms. The number of nitrogens with two attached hydrogens (primary N) is 1. The van der Waals surface area contributed by atoms with Gasteiger partial charge in [-0.2, -0.15) is 0 Å². The molecule has 0 aliphatic heterocycles. The van der Waals surface area contributed by atoms with Gasteiger partial charge in [0.15, 0.2) is 0 Å². The molecule has 0 unspecified atom stereocenters. The van der Waals surface area contributed by atoms with E-state index in [2.05, 4.69) is 4.90 Å². The number of pyridine rings is 1. The maximum atomic E-state index is 11.6. The van der Waals surface area contributed by atoms with Gasteiger partial charge in [0.05, 0.1) is 6.26 Å². The Morgan fingerprint density at radius 1 is 1.37 bits per heavy atom. The molecule has 0 aliphatic rings. The lowest BCUT2D eigenvalue weighted by Gasteiger charge is -2.17. The van der Waals surface area contributed by atoms with Crippen molar-refractivity contribution in [3.63, 3.8) is 0 Å². The molecule has 5 nitrogen and oxygen atoms in total. The predicted octanol–water partition coefficient (Wildman–Crippen LogP) is 1.46. The van der Waals surface area contributed by atoms with E-state index in [-0.39, 0.29) is 5.56 Å². The molecule has 2 aromatic heterocycles. The first-order chi connectivity index (χ1) is 9.06. The minimum atomic E-state index is -0.0258. The van der Waals surface area contributed by atoms with Gasteiger partial charge in [-0.25, -0.2) is 0 Å². The minimum Gasteiger partial charge on any atom is -0.469 e. The smallest absolute Gasteiger partial charge is 0.250 e.